The standard InChI is InChI=1S/C56H36N4S/c1-5-15-37(16-6-1)39-25-31-44(32-26-39)54-58-55(45-33-27-40(28-34-45)38-17-7-2-8-18-38)60-56(59-54)46-35-29-43(30-36-46)52-49(41-19-9-3-10-20-41)50-47-23-13-14-24-48(47)57-51(53(50)61-52)42-21-11-4-12-22-42/h1-36H. The molecule has 11 rings (SSSR count). The van der Waals surface area contributed by atoms with Gasteiger partial charge in [0.15, 0.2) is 17.5 Å². The Labute approximate surface area is 358 Å². The Hall–Kier alpha value is -7.86. The van der Waals surface area contributed by atoms with Crippen molar-refractivity contribution in [2.75, 3.05) is 0 Å². The lowest BCUT2D eigenvalue weighted by atomic mass is 9.95. The van der Waals surface area contributed by atoms with Gasteiger partial charge in [-0.05, 0) is 39.4 Å². The van der Waals surface area contributed by atoms with Gasteiger partial charge < -0.3 is 0 Å². The second-order valence-corrected chi connectivity index (χ2v) is 16.0. The van der Waals surface area contributed by atoms with Gasteiger partial charge in [-0.25, -0.2) is 19.9 Å². The first kappa shape index (κ1) is 36.2. The van der Waals surface area contributed by atoms with Crippen LogP contribution in [-0.2, 0) is 0 Å². The fourth-order valence-corrected chi connectivity index (χ4v) is 9.46. The van der Waals surface area contributed by atoms with Gasteiger partial charge >= 0.3 is 0 Å². The molecule has 0 aliphatic carbocycles. The number of para-hydroxylation sites is 1. The van der Waals surface area contributed by atoms with Crippen LogP contribution in [-0.4, -0.2) is 19.9 Å². The van der Waals surface area contributed by atoms with Crippen LogP contribution >= 0.6 is 11.3 Å². The number of nitrogens with zero attached hydrogens (tertiary/aromatic N) is 4. The maximum Gasteiger partial charge on any atom is 0.164 e. The Morgan fingerprint density at radius 1 is 0.279 bits per heavy atom. The van der Waals surface area contributed by atoms with Crippen LogP contribution in [0.4, 0.5) is 0 Å². The topological polar surface area (TPSA) is 51.6 Å². The lowest BCUT2D eigenvalue weighted by molar-refractivity contribution is 1.07. The highest BCUT2D eigenvalue weighted by atomic mass is 32.1. The number of hydrogen-bond donors (Lipinski definition) is 0. The third kappa shape index (κ3) is 6.97. The molecule has 5 heteroatoms. The Balaban J connectivity index is 1.04. The number of fused-ring (bicyclic) bond motifs is 3. The SMILES string of the molecule is c1ccc(-c2ccc(-c3nc(-c4ccc(-c5ccccc5)cc4)nc(-c4ccc(-c5sc6c(-c7ccccc7)nc7ccccc7c6c5-c5ccccc5)cc4)n3)cc2)cc1. The summed E-state index contributed by atoms with van der Waals surface area (Å²) in [5.74, 6) is 1.87. The van der Waals surface area contributed by atoms with E-state index in [1.165, 1.54) is 37.2 Å². The minimum absolute atomic E-state index is 0.618. The molecule has 4 nitrogen and oxygen atoms in total. The molecule has 3 aromatic heterocycles. The van der Waals surface area contributed by atoms with Crippen LogP contribution in [0.25, 0.3) is 110 Å². The summed E-state index contributed by atoms with van der Waals surface area (Å²) in [7, 11) is 0. The molecule has 0 N–H and O–H groups in total. The van der Waals surface area contributed by atoms with E-state index in [2.05, 4.69) is 206 Å². The van der Waals surface area contributed by atoms with Crippen molar-refractivity contribution < 1.29 is 0 Å². The maximum atomic E-state index is 5.26. The Kier molecular flexibility index (Phi) is 9.34. The van der Waals surface area contributed by atoms with Crippen molar-refractivity contribution in [3.8, 4) is 89.2 Å². The van der Waals surface area contributed by atoms with Crippen LogP contribution in [0.1, 0.15) is 0 Å². The first-order valence-corrected chi connectivity index (χ1v) is 21.2. The number of hydrogen-bond acceptors (Lipinski definition) is 5. The quantitative estimate of drug-likeness (QED) is 0.154. The average molecular weight is 797 g/mol. The number of thiophene rings is 1. The fourth-order valence-electron chi connectivity index (χ4n) is 8.10. The monoisotopic (exact) mass is 796 g/mol. The maximum absolute atomic E-state index is 5.26. The van der Waals surface area contributed by atoms with Gasteiger partial charge in [-0.3, -0.25) is 0 Å². The van der Waals surface area contributed by atoms with E-state index in [0.717, 1.165) is 55.5 Å². The lowest BCUT2D eigenvalue weighted by Gasteiger charge is -2.11. The van der Waals surface area contributed by atoms with E-state index in [-0.39, 0.29) is 0 Å². The fraction of sp³-hybridized carbons (Fsp3) is 0. The van der Waals surface area contributed by atoms with Gasteiger partial charge in [0.1, 0.15) is 0 Å². The molecule has 0 saturated heterocycles. The lowest BCUT2D eigenvalue weighted by Crippen LogP contribution is -2.00. The largest absolute Gasteiger partial charge is 0.246 e. The minimum Gasteiger partial charge on any atom is -0.246 e. The number of pyridine rings is 1. The third-order valence-electron chi connectivity index (χ3n) is 11.2. The van der Waals surface area contributed by atoms with Crippen molar-refractivity contribution in [3.63, 3.8) is 0 Å². The van der Waals surface area contributed by atoms with Crippen molar-refractivity contribution in [1.82, 2.24) is 19.9 Å². The first-order chi connectivity index (χ1) is 30.2. The zero-order valence-corrected chi connectivity index (χ0v) is 33.8. The van der Waals surface area contributed by atoms with Crippen molar-refractivity contribution in [3.05, 3.63) is 218 Å². The molecule has 0 bridgehead atoms. The molecule has 0 aliphatic heterocycles. The van der Waals surface area contributed by atoms with Crippen LogP contribution in [0.5, 0.6) is 0 Å². The van der Waals surface area contributed by atoms with Crippen molar-refractivity contribution in [2.45, 2.75) is 0 Å². The van der Waals surface area contributed by atoms with Crippen molar-refractivity contribution in [1.29, 1.82) is 0 Å². The summed E-state index contributed by atoms with van der Waals surface area (Å²) in [6.07, 6.45) is 0. The minimum atomic E-state index is 0.618. The Morgan fingerprint density at radius 3 is 1.11 bits per heavy atom. The average Bonchev–Trinajstić information content (AvgIpc) is 3.76. The number of rotatable bonds is 8. The van der Waals surface area contributed by atoms with Crippen molar-refractivity contribution in [2.24, 2.45) is 0 Å². The van der Waals surface area contributed by atoms with Gasteiger partial charge in [0, 0.05) is 43.5 Å². The van der Waals surface area contributed by atoms with Crippen LogP contribution in [0, 0.1) is 0 Å². The summed E-state index contributed by atoms with van der Waals surface area (Å²) in [4.78, 5) is 21.8. The van der Waals surface area contributed by atoms with E-state index in [4.69, 9.17) is 19.9 Å². The molecule has 0 radical (unpaired) electrons. The summed E-state index contributed by atoms with van der Waals surface area (Å²) in [6.45, 7) is 0. The first-order valence-electron chi connectivity index (χ1n) is 20.4. The highest BCUT2D eigenvalue weighted by Gasteiger charge is 2.22. The zero-order chi connectivity index (χ0) is 40.5. The second kappa shape index (κ2) is 15.7. The number of aromatic nitrogens is 4. The van der Waals surface area contributed by atoms with Gasteiger partial charge in [-0.15, -0.1) is 11.3 Å². The molecule has 0 fully saturated rings. The molecule has 61 heavy (non-hydrogen) atoms. The van der Waals surface area contributed by atoms with Gasteiger partial charge in [-0.2, -0.15) is 0 Å². The van der Waals surface area contributed by atoms with Crippen LogP contribution in [0.2, 0.25) is 0 Å². The van der Waals surface area contributed by atoms with Gasteiger partial charge in [0.2, 0.25) is 0 Å². The van der Waals surface area contributed by atoms with Crippen LogP contribution in [0.3, 0.4) is 0 Å². The molecule has 0 aliphatic rings. The van der Waals surface area contributed by atoms with Crippen LogP contribution in [0.15, 0.2) is 218 Å². The smallest absolute Gasteiger partial charge is 0.164 e. The highest BCUT2D eigenvalue weighted by molar-refractivity contribution is 7.23. The molecule has 11 aromatic rings. The summed E-state index contributed by atoms with van der Waals surface area (Å²) in [5.41, 5.74) is 14.0. The molecule has 0 amide bonds. The molecule has 3 heterocycles. The third-order valence-corrected chi connectivity index (χ3v) is 12.4. The zero-order valence-electron chi connectivity index (χ0n) is 33.0. The second-order valence-electron chi connectivity index (χ2n) is 15.0. The van der Waals surface area contributed by atoms with Gasteiger partial charge in [0.05, 0.1) is 15.9 Å². The molecule has 286 valence electrons. The summed E-state index contributed by atoms with van der Waals surface area (Å²) < 4.78 is 1.17. The molecule has 0 spiro atoms. The predicted molar refractivity (Wildman–Crippen MR) is 254 cm³/mol. The van der Waals surface area contributed by atoms with E-state index in [1.54, 1.807) is 11.3 Å². The van der Waals surface area contributed by atoms with E-state index < -0.39 is 0 Å². The van der Waals surface area contributed by atoms with E-state index in [9.17, 15) is 0 Å². The predicted octanol–water partition coefficient (Wildman–Crippen LogP) is 15.0. The van der Waals surface area contributed by atoms with E-state index in [1.807, 2.05) is 12.1 Å². The molecular weight excluding hydrogens is 761 g/mol. The van der Waals surface area contributed by atoms with E-state index in [0.29, 0.717) is 17.5 Å². The Morgan fingerprint density at radius 2 is 0.639 bits per heavy atom. The van der Waals surface area contributed by atoms with E-state index >= 15 is 0 Å². The molecule has 0 atom stereocenters. The van der Waals surface area contributed by atoms with Crippen LogP contribution < -0.4 is 0 Å². The summed E-state index contributed by atoms with van der Waals surface area (Å²) in [5, 5.41) is 2.37. The van der Waals surface area contributed by atoms with Gasteiger partial charge in [0.25, 0.3) is 0 Å². The highest BCUT2D eigenvalue weighted by Crippen LogP contribution is 2.50. The molecule has 0 saturated carbocycles. The summed E-state index contributed by atoms with van der Waals surface area (Å²) >= 11 is 1.80. The molecule has 0 unspecified atom stereocenters. The molecule has 8 aromatic carbocycles. The molecular formula is C56H36N4S. The Bertz CT molecular complexity index is 3190. The van der Waals surface area contributed by atoms with Crippen molar-refractivity contribution >= 4 is 32.3 Å². The normalized spacial score (nSPS) is 11.3. The summed E-state index contributed by atoms with van der Waals surface area (Å²) in [6, 6.07) is 76.2. The number of benzene rings is 8. The van der Waals surface area contributed by atoms with Gasteiger partial charge in [-0.1, -0.05) is 212 Å².